The topological polar surface area (TPSA) is 21.3 Å². The zero-order chi connectivity index (χ0) is 12.4. The van der Waals surface area contributed by atoms with Gasteiger partial charge in [0.05, 0.1) is 6.61 Å². The van der Waals surface area contributed by atoms with Gasteiger partial charge in [0.15, 0.2) is 0 Å². The van der Waals surface area contributed by atoms with Gasteiger partial charge in [0, 0.05) is 12.0 Å². The lowest BCUT2D eigenvalue weighted by atomic mass is 9.87. The van der Waals surface area contributed by atoms with E-state index in [1.54, 1.807) is 0 Å². The Kier molecular flexibility index (Phi) is 3.29. The van der Waals surface area contributed by atoms with E-state index in [1.165, 1.54) is 49.8 Å². The Hall–Kier alpha value is -1.02. The third-order valence-electron chi connectivity index (χ3n) is 4.65. The molecule has 0 amide bonds. The van der Waals surface area contributed by atoms with Crippen molar-refractivity contribution in [1.29, 1.82) is 0 Å². The third kappa shape index (κ3) is 2.26. The molecule has 0 aromatic heterocycles. The summed E-state index contributed by atoms with van der Waals surface area (Å²) in [5.41, 5.74) is 3.29. The minimum Gasteiger partial charge on any atom is -0.493 e. The molecule has 2 nitrogen and oxygen atoms in total. The Labute approximate surface area is 110 Å². The van der Waals surface area contributed by atoms with Crippen molar-refractivity contribution in [1.82, 2.24) is 5.32 Å². The summed E-state index contributed by atoms with van der Waals surface area (Å²) in [7, 11) is 0. The molecule has 1 N–H and O–H groups in total. The van der Waals surface area contributed by atoms with Crippen molar-refractivity contribution in [3.8, 4) is 5.75 Å². The van der Waals surface area contributed by atoms with Crippen molar-refractivity contribution in [3.05, 3.63) is 29.3 Å². The summed E-state index contributed by atoms with van der Waals surface area (Å²) >= 11 is 0. The maximum absolute atomic E-state index is 5.56. The van der Waals surface area contributed by atoms with Gasteiger partial charge in [-0.1, -0.05) is 19.1 Å². The van der Waals surface area contributed by atoms with Crippen LogP contribution in [0.5, 0.6) is 5.75 Å². The van der Waals surface area contributed by atoms with Crippen molar-refractivity contribution < 1.29 is 4.74 Å². The second-order valence-corrected chi connectivity index (χ2v) is 5.70. The molecule has 0 spiro atoms. The normalized spacial score (nSPS) is 26.1. The van der Waals surface area contributed by atoms with E-state index in [4.69, 9.17) is 4.74 Å². The van der Waals surface area contributed by atoms with Gasteiger partial charge in [-0.05, 0) is 55.8 Å². The highest BCUT2D eigenvalue weighted by Gasteiger charge is 2.30. The van der Waals surface area contributed by atoms with Crippen molar-refractivity contribution in [2.45, 2.75) is 51.0 Å². The number of benzene rings is 1. The molecule has 98 valence electrons. The molecule has 1 aromatic carbocycles. The van der Waals surface area contributed by atoms with Crippen LogP contribution in [0, 0.1) is 0 Å². The van der Waals surface area contributed by atoms with Gasteiger partial charge in [0.1, 0.15) is 5.75 Å². The van der Waals surface area contributed by atoms with Crippen LogP contribution in [0.3, 0.4) is 0 Å². The highest BCUT2D eigenvalue weighted by Crippen LogP contribution is 2.30. The summed E-state index contributed by atoms with van der Waals surface area (Å²) in [5.74, 6) is 1.10. The van der Waals surface area contributed by atoms with Gasteiger partial charge in [-0.3, -0.25) is 0 Å². The van der Waals surface area contributed by atoms with Crippen LogP contribution in [0.15, 0.2) is 18.2 Å². The summed E-state index contributed by atoms with van der Waals surface area (Å²) in [6.07, 6.45) is 7.47. The highest BCUT2D eigenvalue weighted by atomic mass is 16.5. The number of ether oxygens (including phenoxy) is 1. The molecule has 2 aliphatic rings. The molecule has 0 aliphatic carbocycles. The van der Waals surface area contributed by atoms with Crippen molar-refractivity contribution in [2.75, 3.05) is 13.2 Å². The van der Waals surface area contributed by atoms with Gasteiger partial charge in [-0.2, -0.15) is 0 Å². The second kappa shape index (κ2) is 4.93. The van der Waals surface area contributed by atoms with Gasteiger partial charge < -0.3 is 10.1 Å². The number of rotatable bonds is 4. The summed E-state index contributed by atoms with van der Waals surface area (Å²) in [5, 5.41) is 3.72. The first-order chi connectivity index (χ1) is 8.81. The Balaban J connectivity index is 1.66. The van der Waals surface area contributed by atoms with Gasteiger partial charge in [0.2, 0.25) is 0 Å². The molecule has 1 saturated heterocycles. The fraction of sp³-hybridized carbons (Fsp3) is 0.625. The van der Waals surface area contributed by atoms with Crippen LogP contribution in [0.25, 0.3) is 0 Å². The van der Waals surface area contributed by atoms with E-state index >= 15 is 0 Å². The molecule has 3 rings (SSSR count). The molecule has 1 atom stereocenters. The van der Waals surface area contributed by atoms with E-state index in [1.807, 2.05) is 0 Å². The number of hydrogen-bond acceptors (Lipinski definition) is 2. The average Bonchev–Trinajstić information content (AvgIpc) is 3.05. The van der Waals surface area contributed by atoms with Crippen LogP contribution in [0.2, 0.25) is 0 Å². The van der Waals surface area contributed by atoms with Gasteiger partial charge >= 0.3 is 0 Å². The maximum Gasteiger partial charge on any atom is 0.122 e. The largest absolute Gasteiger partial charge is 0.493 e. The predicted molar refractivity (Wildman–Crippen MR) is 74.2 cm³/mol. The monoisotopic (exact) mass is 245 g/mol. The Morgan fingerprint density at radius 1 is 1.39 bits per heavy atom. The molecule has 1 unspecified atom stereocenters. The number of hydrogen-bond donors (Lipinski definition) is 1. The van der Waals surface area contributed by atoms with Crippen LogP contribution < -0.4 is 10.1 Å². The minimum absolute atomic E-state index is 0.412. The Morgan fingerprint density at radius 3 is 3.11 bits per heavy atom. The van der Waals surface area contributed by atoms with E-state index in [0.29, 0.717) is 5.54 Å². The number of aryl methyl sites for hydroxylation is 1. The van der Waals surface area contributed by atoms with Crippen LogP contribution in [-0.4, -0.2) is 18.7 Å². The van der Waals surface area contributed by atoms with E-state index in [9.17, 15) is 0 Å². The van der Waals surface area contributed by atoms with Crippen molar-refractivity contribution >= 4 is 0 Å². The van der Waals surface area contributed by atoms with Crippen LogP contribution >= 0.6 is 0 Å². The zero-order valence-corrected chi connectivity index (χ0v) is 11.3. The van der Waals surface area contributed by atoms with E-state index in [-0.39, 0.29) is 0 Å². The molecular formula is C16H23NO. The van der Waals surface area contributed by atoms with Crippen LogP contribution in [-0.2, 0) is 12.8 Å². The molecule has 1 aromatic rings. The maximum atomic E-state index is 5.56. The minimum atomic E-state index is 0.412. The fourth-order valence-electron chi connectivity index (χ4n) is 3.34. The quantitative estimate of drug-likeness (QED) is 0.880. The highest BCUT2D eigenvalue weighted by molar-refractivity contribution is 5.39. The zero-order valence-electron chi connectivity index (χ0n) is 11.3. The summed E-state index contributed by atoms with van der Waals surface area (Å²) in [6, 6.07) is 6.74. The Morgan fingerprint density at radius 2 is 2.33 bits per heavy atom. The third-order valence-corrected chi connectivity index (χ3v) is 4.65. The van der Waals surface area contributed by atoms with Crippen LogP contribution in [0.1, 0.15) is 43.7 Å². The first-order valence-electron chi connectivity index (χ1n) is 7.31. The van der Waals surface area contributed by atoms with E-state index < -0.39 is 0 Å². The SMILES string of the molecule is CCC1(CCc2ccc3c(c2)CCO3)CCCN1. The number of fused-ring (bicyclic) bond motifs is 1. The molecule has 0 saturated carbocycles. The molecule has 18 heavy (non-hydrogen) atoms. The summed E-state index contributed by atoms with van der Waals surface area (Å²) in [6.45, 7) is 4.37. The van der Waals surface area contributed by atoms with Crippen molar-refractivity contribution in [3.63, 3.8) is 0 Å². The summed E-state index contributed by atoms with van der Waals surface area (Å²) in [4.78, 5) is 0. The molecule has 2 heteroatoms. The van der Waals surface area contributed by atoms with Gasteiger partial charge in [-0.15, -0.1) is 0 Å². The molecule has 2 aliphatic heterocycles. The standard InChI is InChI=1S/C16H23NO/c1-2-16(8-3-10-17-16)9-6-13-4-5-15-14(12-13)7-11-18-15/h4-5,12,17H,2-3,6-11H2,1H3. The molecule has 2 heterocycles. The second-order valence-electron chi connectivity index (χ2n) is 5.70. The lowest BCUT2D eigenvalue weighted by Crippen LogP contribution is -2.39. The van der Waals surface area contributed by atoms with Gasteiger partial charge in [0.25, 0.3) is 0 Å². The Bertz CT molecular complexity index is 421. The van der Waals surface area contributed by atoms with E-state index in [0.717, 1.165) is 18.8 Å². The lowest BCUT2D eigenvalue weighted by Gasteiger charge is -2.28. The van der Waals surface area contributed by atoms with Gasteiger partial charge in [-0.25, -0.2) is 0 Å². The number of nitrogens with one attached hydrogen (secondary N) is 1. The molecule has 0 bridgehead atoms. The van der Waals surface area contributed by atoms with Crippen LogP contribution in [0.4, 0.5) is 0 Å². The first-order valence-corrected chi connectivity index (χ1v) is 7.31. The molecule has 0 radical (unpaired) electrons. The fourth-order valence-corrected chi connectivity index (χ4v) is 3.34. The van der Waals surface area contributed by atoms with E-state index in [2.05, 4.69) is 30.4 Å². The molecular weight excluding hydrogens is 222 g/mol. The smallest absolute Gasteiger partial charge is 0.122 e. The first kappa shape index (κ1) is 12.0. The lowest BCUT2D eigenvalue weighted by molar-refractivity contribution is 0.336. The molecule has 1 fully saturated rings. The average molecular weight is 245 g/mol. The predicted octanol–water partition coefficient (Wildman–Crippen LogP) is 3.09. The summed E-state index contributed by atoms with van der Waals surface area (Å²) < 4.78 is 5.56. The van der Waals surface area contributed by atoms with Crippen molar-refractivity contribution in [2.24, 2.45) is 0 Å².